The zero-order valence-corrected chi connectivity index (χ0v) is 11.1. The summed E-state index contributed by atoms with van der Waals surface area (Å²) < 4.78 is 0. The second kappa shape index (κ2) is 4.44. The van der Waals surface area contributed by atoms with E-state index >= 15 is 0 Å². The highest BCUT2D eigenvalue weighted by Crippen LogP contribution is 2.45. The number of halogens is 1. The summed E-state index contributed by atoms with van der Waals surface area (Å²) in [5.74, 6) is 0.469. The van der Waals surface area contributed by atoms with Crippen LogP contribution in [0.15, 0.2) is 18.2 Å². The zero-order chi connectivity index (χ0) is 13.6. The lowest BCUT2D eigenvalue weighted by Crippen LogP contribution is -2.62. The number of rotatable bonds is 4. The molecule has 5 nitrogen and oxygen atoms in total. The summed E-state index contributed by atoms with van der Waals surface area (Å²) in [6.07, 6.45) is 2.26. The van der Waals surface area contributed by atoms with Crippen molar-refractivity contribution in [3.63, 3.8) is 0 Å². The molecule has 3 rings (SSSR count). The number of benzene rings is 1. The average Bonchev–Trinajstić information content (AvgIpc) is 3.13. The Morgan fingerprint density at radius 3 is 2.68 bits per heavy atom. The van der Waals surface area contributed by atoms with Gasteiger partial charge in [-0.1, -0.05) is 11.6 Å². The number of non-ortho nitro benzene ring substituents is 1. The normalized spacial score (nSPS) is 22.0. The molecule has 19 heavy (non-hydrogen) atoms. The molecule has 1 aromatic carbocycles. The third-order valence-corrected chi connectivity index (χ3v) is 4.33. The van der Waals surface area contributed by atoms with Gasteiger partial charge in [0.25, 0.3) is 5.69 Å². The van der Waals surface area contributed by atoms with Crippen LogP contribution in [0.2, 0.25) is 5.02 Å². The van der Waals surface area contributed by atoms with E-state index in [1.807, 2.05) is 0 Å². The quantitative estimate of drug-likeness (QED) is 0.679. The smallest absolute Gasteiger partial charge is 0.270 e. The first kappa shape index (κ1) is 12.8. The van der Waals surface area contributed by atoms with E-state index in [1.165, 1.54) is 12.1 Å². The molecule has 1 heterocycles. The first-order valence-electron chi connectivity index (χ1n) is 6.35. The first-order chi connectivity index (χ1) is 8.98. The van der Waals surface area contributed by atoms with Crippen LogP contribution in [0.4, 0.5) is 5.69 Å². The van der Waals surface area contributed by atoms with Crippen molar-refractivity contribution in [2.24, 2.45) is 5.92 Å². The van der Waals surface area contributed by atoms with Crippen LogP contribution >= 0.6 is 11.6 Å². The summed E-state index contributed by atoms with van der Waals surface area (Å²) in [5.41, 5.74) is 0.365. The minimum Gasteiger partial charge on any atom is -0.387 e. The molecule has 6 heteroatoms. The van der Waals surface area contributed by atoms with Crippen LogP contribution in [0.25, 0.3) is 0 Å². The van der Waals surface area contributed by atoms with Gasteiger partial charge in [0, 0.05) is 31.8 Å². The topological polar surface area (TPSA) is 66.6 Å². The highest BCUT2D eigenvalue weighted by molar-refractivity contribution is 6.31. The van der Waals surface area contributed by atoms with Crippen molar-refractivity contribution in [2.75, 3.05) is 13.1 Å². The van der Waals surface area contributed by atoms with E-state index in [-0.39, 0.29) is 5.69 Å². The molecule has 1 aromatic rings. The van der Waals surface area contributed by atoms with Gasteiger partial charge in [-0.3, -0.25) is 15.0 Å². The van der Waals surface area contributed by atoms with Crippen LogP contribution in [0.3, 0.4) is 0 Å². The Kier molecular flexibility index (Phi) is 3.00. The van der Waals surface area contributed by atoms with E-state index in [2.05, 4.69) is 4.90 Å². The molecule has 1 N–H and O–H groups in total. The Balaban J connectivity index is 1.63. The molecule has 2 fully saturated rings. The summed E-state index contributed by atoms with van der Waals surface area (Å²) in [6.45, 7) is 1.97. The molecule has 0 unspecified atom stereocenters. The second-order valence-corrected chi connectivity index (χ2v) is 5.96. The summed E-state index contributed by atoms with van der Waals surface area (Å²) in [5, 5.41) is 21.3. The molecular formula is C13H15ClN2O3. The van der Waals surface area contributed by atoms with Crippen molar-refractivity contribution in [3.05, 3.63) is 38.9 Å². The van der Waals surface area contributed by atoms with Gasteiger partial charge in [-0.15, -0.1) is 0 Å². The van der Waals surface area contributed by atoms with E-state index in [9.17, 15) is 15.2 Å². The van der Waals surface area contributed by atoms with Gasteiger partial charge in [0.05, 0.1) is 15.5 Å². The van der Waals surface area contributed by atoms with Crippen LogP contribution in [0, 0.1) is 16.0 Å². The maximum atomic E-state index is 10.6. The highest BCUT2D eigenvalue weighted by Gasteiger charge is 2.51. The van der Waals surface area contributed by atoms with Crippen molar-refractivity contribution in [1.29, 1.82) is 0 Å². The fraction of sp³-hybridized carbons (Fsp3) is 0.538. The summed E-state index contributed by atoms with van der Waals surface area (Å²) in [7, 11) is 0. The number of aliphatic hydroxyl groups is 1. The van der Waals surface area contributed by atoms with Crippen molar-refractivity contribution in [3.8, 4) is 0 Å². The van der Waals surface area contributed by atoms with E-state index in [0.29, 0.717) is 30.6 Å². The zero-order valence-electron chi connectivity index (χ0n) is 10.4. The van der Waals surface area contributed by atoms with Crippen LogP contribution in [-0.2, 0) is 6.54 Å². The lowest BCUT2D eigenvalue weighted by molar-refractivity contribution is -0.384. The van der Waals surface area contributed by atoms with Crippen molar-refractivity contribution < 1.29 is 10.0 Å². The number of nitro groups is 1. The first-order valence-corrected chi connectivity index (χ1v) is 6.73. The molecule has 0 bridgehead atoms. The summed E-state index contributed by atoms with van der Waals surface area (Å²) in [4.78, 5) is 12.3. The number of hydrogen-bond donors (Lipinski definition) is 1. The second-order valence-electron chi connectivity index (χ2n) is 5.56. The number of nitrogens with zero attached hydrogens (tertiary/aromatic N) is 2. The van der Waals surface area contributed by atoms with Crippen LogP contribution in [-0.4, -0.2) is 33.6 Å². The standard InChI is InChI=1S/C13H15ClN2O3/c14-12-5-11(16(18)19)4-1-9(12)6-15-7-13(17,8-15)10-2-3-10/h1,4-5,10,17H,2-3,6-8H2. The third kappa shape index (κ3) is 2.45. The molecule has 1 aliphatic heterocycles. The average molecular weight is 283 g/mol. The Morgan fingerprint density at radius 2 is 2.16 bits per heavy atom. The van der Waals surface area contributed by atoms with E-state index < -0.39 is 10.5 Å². The molecule has 2 aliphatic rings. The molecule has 0 atom stereocenters. The van der Waals surface area contributed by atoms with Crippen LogP contribution in [0.1, 0.15) is 18.4 Å². The Hall–Kier alpha value is -1.17. The van der Waals surface area contributed by atoms with E-state index in [0.717, 1.165) is 18.4 Å². The molecule has 0 spiro atoms. The molecule has 1 saturated heterocycles. The predicted molar refractivity (Wildman–Crippen MR) is 71.1 cm³/mol. The maximum Gasteiger partial charge on any atom is 0.270 e. The van der Waals surface area contributed by atoms with Crippen molar-refractivity contribution in [2.45, 2.75) is 25.0 Å². The lowest BCUT2D eigenvalue weighted by Gasteiger charge is -2.47. The van der Waals surface area contributed by atoms with Gasteiger partial charge in [0.15, 0.2) is 0 Å². The van der Waals surface area contributed by atoms with Gasteiger partial charge in [-0.25, -0.2) is 0 Å². The van der Waals surface area contributed by atoms with Gasteiger partial charge >= 0.3 is 0 Å². The minimum atomic E-state index is -0.507. The number of nitro benzene ring substituents is 1. The SMILES string of the molecule is O=[N+]([O-])c1ccc(CN2CC(O)(C3CC3)C2)c(Cl)c1. The fourth-order valence-corrected chi connectivity index (χ4v) is 2.97. The molecule has 0 amide bonds. The molecular weight excluding hydrogens is 268 g/mol. The summed E-state index contributed by atoms with van der Waals surface area (Å²) >= 11 is 6.05. The van der Waals surface area contributed by atoms with Gasteiger partial charge in [0.1, 0.15) is 0 Å². The monoisotopic (exact) mass is 282 g/mol. The van der Waals surface area contributed by atoms with Gasteiger partial charge in [0.2, 0.25) is 0 Å². The minimum absolute atomic E-state index is 0.00634. The van der Waals surface area contributed by atoms with Gasteiger partial charge < -0.3 is 5.11 Å². The number of likely N-dealkylation sites (tertiary alicyclic amines) is 1. The number of hydrogen-bond acceptors (Lipinski definition) is 4. The Labute approximate surface area is 115 Å². The van der Waals surface area contributed by atoms with E-state index in [1.54, 1.807) is 6.07 Å². The van der Waals surface area contributed by atoms with Gasteiger partial charge in [-0.05, 0) is 30.4 Å². The van der Waals surface area contributed by atoms with Crippen LogP contribution in [0.5, 0.6) is 0 Å². The third-order valence-electron chi connectivity index (χ3n) is 3.97. The lowest BCUT2D eigenvalue weighted by atomic mass is 9.88. The molecule has 0 radical (unpaired) electrons. The highest BCUT2D eigenvalue weighted by atomic mass is 35.5. The van der Waals surface area contributed by atoms with Gasteiger partial charge in [-0.2, -0.15) is 0 Å². The Bertz CT molecular complexity index is 525. The predicted octanol–water partition coefficient (Wildman–Crippen LogP) is 2.20. The molecule has 1 aliphatic carbocycles. The molecule has 102 valence electrons. The van der Waals surface area contributed by atoms with Crippen LogP contribution < -0.4 is 0 Å². The van der Waals surface area contributed by atoms with E-state index in [4.69, 9.17) is 11.6 Å². The summed E-state index contributed by atoms with van der Waals surface area (Å²) in [6, 6.07) is 4.53. The number of β-amino-alcohol motifs (C(OH)–C–C–N with tert-alkyl or cyclic N) is 1. The molecule has 0 aromatic heterocycles. The largest absolute Gasteiger partial charge is 0.387 e. The van der Waals surface area contributed by atoms with Crippen molar-refractivity contribution >= 4 is 17.3 Å². The maximum absolute atomic E-state index is 10.6. The Morgan fingerprint density at radius 1 is 1.47 bits per heavy atom. The molecule has 1 saturated carbocycles. The van der Waals surface area contributed by atoms with Crippen molar-refractivity contribution in [1.82, 2.24) is 4.90 Å². The fourth-order valence-electron chi connectivity index (χ4n) is 2.74.